The molecule has 1 heterocycles. The molecular formula is C12H9ClF3N3O. The van der Waals surface area contributed by atoms with E-state index in [0.29, 0.717) is 11.6 Å². The van der Waals surface area contributed by atoms with Crippen molar-refractivity contribution in [1.82, 2.24) is 10.2 Å². The van der Waals surface area contributed by atoms with Gasteiger partial charge in [0.15, 0.2) is 5.82 Å². The maximum Gasteiger partial charge on any atom is 0.432 e. The molecule has 0 unspecified atom stereocenters. The summed E-state index contributed by atoms with van der Waals surface area (Å²) in [6, 6.07) is 5.58. The van der Waals surface area contributed by atoms with Crippen molar-refractivity contribution in [1.29, 1.82) is 0 Å². The van der Waals surface area contributed by atoms with Gasteiger partial charge in [-0.2, -0.15) is 18.3 Å². The van der Waals surface area contributed by atoms with Gasteiger partial charge in [-0.25, -0.2) is 0 Å². The summed E-state index contributed by atoms with van der Waals surface area (Å²) in [4.78, 5) is 12.0. The summed E-state index contributed by atoms with van der Waals surface area (Å²) < 4.78 is 37.2. The number of H-pyrrole nitrogens is 1. The summed E-state index contributed by atoms with van der Waals surface area (Å²) in [5.41, 5.74) is -0.226. The highest BCUT2D eigenvalue weighted by atomic mass is 35.5. The molecule has 0 spiro atoms. The van der Waals surface area contributed by atoms with Crippen LogP contribution in [0.25, 0.3) is 0 Å². The van der Waals surface area contributed by atoms with Crippen LogP contribution < -0.4 is 5.32 Å². The Balaban J connectivity index is 2.22. The molecule has 2 aromatic rings. The Kier molecular flexibility index (Phi) is 3.71. The SMILES string of the molecule is Cc1cccc(Cl)c1C(=O)Nc1cc(C(F)(F)F)[nH]n1. The van der Waals surface area contributed by atoms with Crippen LogP contribution in [0, 0.1) is 6.92 Å². The van der Waals surface area contributed by atoms with Crippen molar-refractivity contribution >= 4 is 23.3 Å². The van der Waals surface area contributed by atoms with Crippen LogP contribution in [0.2, 0.25) is 5.02 Å². The first-order chi connectivity index (χ1) is 9.29. The number of aromatic nitrogens is 2. The van der Waals surface area contributed by atoms with Gasteiger partial charge in [0.25, 0.3) is 5.91 Å². The number of nitrogens with one attached hydrogen (secondary N) is 2. The van der Waals surface area contributed by atoms with E-state index in [4.69, 9.17) is 11.6 Å². The number of rotatable bonds is 2. The number of carbonyl (C=O) groups excluding carboxylic acids is 1. The van der Waals surface area contributed by atoms with Crippen molar-refractivity contribution in [2.75, 3.05) is 5.32 Å². The number of hydrogen-bond donors (Lipinski definition) is 2. The maximum atomic E-state index is 12.4. The van der Waals surface area contributed by atoms with Crippen LogP contribution in [0.3, 0.4) is 0 Å². The second-order valence-electron chi connectivity index (χ2n) is 4.05. The van der Waals surface area contributed by atoms with Crippen LogP contribution in [0.15, 0.2) is 24.3 Å². The Morgan fingerprint density at radius 3 is 2.65 bits per heavy atom. The third-order valence-electron chi connectivity index (χ3n) is 2.57. The summed E-state index contributed by atoms with van der Waals surface area (Å²) in [5.74, 6) is -0.838. The molecule has 1 aromatic carbocycles. The summed E-state index contributed by atoms with van der Waals surface area (Å²) in [5, 5.41) is 7.68. The molecule has 0 saturated heterocycles. The number of nitrogens with zero attached hydrogens (tertiary/aromatic N) is 1. The van der Waals surface area contributed by atoms with Crippen molar-refractivity contribution in [3.8, 4) is 0 Å². The van der Waals surface area contributed by atoms with Crippen molar-refractivity contribution in [3.05, 3.63) is 46.1 Å². The molecule has 4 nitrogen and oxygen atoms in total. The highest BCUT2D eigenvalue weighted by Gasteiger charge is 2.33. The van der Waals surface area contributed by atoms with Gasteiger partial charge in [-0.1, -0.05) is 23.7 Å². The van der Waals surface area contributed by atoms with E-state index in [0.717, 1.165) is 0 Å². The molecule has 0 fully saturated rings. The minimum absolute atomic E-state index is 0.200. The zero-order valence-electron chi connectivity index (χ0n) is 10.2. The predicted octanol–water partition coefficient (Wildman–Crippen LogP) is 3.64. The highest BCUT2D eigenvalue weighted by molar-refractivity contribution is 6.34. The molecule has 2 N–H and O–H groups in total. The number of anilines is 1. The van der Waals surface area contributed by atoms with Crippen molar-refractivity contribution in [2.24, 2.45) is 0 Å². The number of aryl methyl sites for hydroxylation is 1. The van der Waals surface area contributed by atoms with Crippen LogP contribution in [-0.4, -0.2) is 16.1 Å². The van der Waals surface area contributed by atoms with E-state index in [-0.39, 0.29) is 16.4 Å². The van der Waals surface area contributed by atoms with E-state index < -0.39 is 17.8 Å². The molecule has 8 heteroatoms. The quantitative estimate of drug-likeness (QED) is 0.890. The van der Waals surface area contributed by atoms with Gasteiger partial charge in [-0.15, -0.1) is 0 Å². The number of amides is 1. The normalized spacial score (nSPS) is 11.4. The lowest BCUT2D eigenvalue weighted by molar-refractivity contribution is -0.141. The van der Waals surface area contributed by atoms with E-state index in [9.17, 15) is 18.0 Å². The smallest absolute Gasteiger partial charge is 0.305 e. The van der Waals surface area contributed by atoms with Gasteiger partial charge < -0.3 is 5.32 Å². The van der Waals surface area contributed by atoms with Crippen LogP contribution in [0.4, 0.5) is 19.0 Å². The third-order valence-corrected chi connectivity index (χ3v) is 2.89. The minimum Gasteiger partial charge on any atom is -0.305 e. The van der Waals surface area contributed by atoms with Gasteiger partial charge in [0.2, 0.25) is 0 Å². The Bertz CT molecular complexity index is 631. The van der Waals surface area contributed by atoms with Gasteiger partial charge in [0.05, 0.1) is 10.6 Å². The first-order valence-corrected chi connectivity index (χ1v) is 5.86. The first kappa shape index (κ1) is 14.4. The molecule has 0 atom stereocenters. The number of hydrogen-bond acceptors (Lipinski definition) is 2. The van der Waals surface area contributed by atoms with E-state index in [2.05, 4.69) is 10.4 Å². The number of alkyl halides is 3. The standard InChI is InChI=1S/C12H9ClF3N3O/c1-6-3-2-4-7(13)10(6)11(20)17-9-5-8(18-19-9)12(14,15)16/h2-5H,1H3,(H2,17,18,19,20). The summed E-state index contributed by atoms with van der Waals surface area (Å²) in [6.07, 6.45) is -4.55. The zero-order valence-corrected chi connectivity index (χ0v) is 10.9. The van der Waals surface area contributed by atoms with Gasteiger partial charge in [0.1, 0.15) is 5.69 Å². The zero-order chi connectivity index (χ0) is 14.9. The third kappa shape index (κ3) is 2.93. The lowest BCUT2D eigenvalue weighted by atomic mass is 10.1. The van der Waals surface area contributed by atoms with Crippen LogP contribution in [0.1, 0.15) is 21.6 Å². The number of benzene rings is 1. The summed E-state index contributed by atoms with van der Waals surface area (Å²) >= 11 is 5.90. The van der Waals surface area contributed by atoms with E-state index in [1.165, 1.54) is 6.07 Å². The Hall–Kier alpha value is -2.02. The average molecular weight is 304 g/mol. The topological polar surface area (TPSA) is 57.8 Å². The lowest BCUT2D eigenvalue weighted by Crippen LogP contribution is -2.14. The Morgan fingerprint density at radius 1 is 1.40 bits per heavy atom. The molecule has 0 saturated carbocycles. The molecule has 0 aliphatic carbocycles. The van der Waals surface area contributed by atoms with Crippen molar-refractivity contribution < 1.29 is 18.0 Å². The van der Waals surface area contributed by atoms with Gasteiger partial charge in [0, 0.05) is 6.07 Å². The molecule has 1 aromatic heterocycles. The lowest BCUT2D eigenvalue weighted by Gasteiger charge is -2.07. The highest BCUT2D eigenvalue weighted by Crippen LogP contribution is 2.29. The van der Waals surface area contributed by atoms with Gasteiger partial charge in [-0.05, 0) is 18.6 Å². The first-order valence-electron chi connectivity index (χ1n) is 5.48. The molecule has 106 valence electrons. The molecule has 20 heavy (non-hydrogen) atoms. The molecule has 2 rings (SSSR count). The number of carbonyl (C=O) groups is 1. The monoisotopic (exact) mass is 303 g/mol. The van der Waals surface area contributed by atoms with E-state index in [1.54, 1.807) is 19.1 Å². The Labute approximate surface area is 116 Å². The molecular weight excluding hydrogens is 295 g/mol. The second-order valence-corrected chi connectivity index (χ2v) is 4.46. The summed E-state index contributed by atoms with van der Waals surface area (Å²) in [7, 11) is 0. The number of halogens is 4. The number of aromatic amines is 1. The maximum absolute atomic E-state index is 12.4. The fourth-order valence-corrected chi connectivity index (χ4v) is 1.94. The second kappa shape index (κ2) is 5.16. The fraction of sp³-hybridized carbons (Fsp3) is 0.167. The fourth-order valence-electron chi connectivity index (χ4n) is 1.63. The van der Waals surface area contributed by atoms with Crippen LogP contribution >= 0.6 is 11.6 Å². The molecule has 0 aliphatic heterocycles. The van der Waals surface area contributed by atoms with Gasteiger partial charge >= 0.3 is 6.18 Å². The van der Waals surface area contributed by atoms with Gasteiger partial charge in [-0.3, -0.25) is 9.89 Å². The molecule has 0 radical (unpaired) electrons. The van der Waals surface area contributed by atoms with Crippen molar-refractivity contribution in [3.63, 3.8) is 0 Å². The molecule has 0 bridgehead atoms. The van der Waals surface area contributed by atoms with E-state index >= 15 is 0 Å². The van der Waals surface area contributed by atoms with Crippen LogP contribution in [0.5, 0.6) is 0 Å². The van der Waals surface area contributed by atoms with Crippen molar-refractivity contribution in [2.45, 2.75) is 13.1 Å². The summed E-state index contributed by atoms with van der Waals surface area (Å²) in [6.45, 7) is 1.67. The Morgan fingerprint density at radius 2 is 2.10 bits per heavy atom. The predicted molar refractivity (Wildman–Crippen MR) is 67.7 cm³/mol. The molecule has 0 aliphatic rings. The van der Waals surface area contributed by atoms with Crippen LogP contribution in [-0.2, 0) is 6.18 Å². The largest absolute Gasteiger partial charge is 0.432 e. The van der Waals surface area contributed by atoms with E-state index in [1.807, 2.05) is 5.10 Å². The average Bonchev–Trinajstić information content (AvgIpc) is 2.76. The minimum atomic E-state index is -4.55. The molecule has 1 amide bonds.